The van der Waals surface area contributed by atoms with Crippen molar-refractivity contribution in [1.82, 2.24) is 9.97 Å². The van der Waals surface area contributed by atoms with Crippen LogP contribution in [0.5, 0.6) is 11.6 Å². The van der Waals surface area contributed by atoms with Crippen LogP contribution in [0.4, 0.5) is 5.69 Å². The van der Waals surface area contributed by atoms with E-state index < -0.39 is 4.92 Å². The second kappa shape index (κ2) is 5.42. The van der Waals surface area contributed by atoms with Gasteiger partial charge >= 0.3 is 5.69 Å². The third-order valence-corrected chi connectivity index (χ3v) is 3.07. The van der Waals surface area contributed by atoms with Crippen LogP contribution in [0.25, 0.3) is 0 Å². The molecule has 0 unspecified atom stereocenters. The summed E-state index contributed by atoms with van der Waals surface area (Å²) in [5.74, 6) is 0.151. The Bertz CT molecular complexity index is 689. The zero-order valence-corrected chi connectivity index (χ0v) is 11.9. The van der Waals surface area contributed by atoms with Crippen LogP contribution in [0.15, 0.2) is 18.2 Å². The summed E-state index contributed by atoms with van der Waals surface area (Å²) in [6.45, 7) is 5.17. The minimum absolute atomic E-state index is 0.0588. The lowest BCUT2D eigenvalue weighted by Gasteiger charge is -2.09. The van der Waals surface area contributed by atoms with Crippen molar-refractivity contribution >= 4 is 17.3 Å². The number of para-hydroxylation sites is 1. The minimum atomic E-state index is -0.493. The molecule has 6 nitrogen and oxygen atoms in total. The van der Waals surface area contributed by atoms with Crippen molar-refractivity contribution in [3.05, 3.63) is 50.4 Å². The summed E-state index contributed by atoms with van der Waals surface area (Å²) < 4.78 is 5.47. The number of nitro groups is 1. The van der Waals surface area contributed by atoms with Gasteiger partial charge in [0.15, 0.2) is 5.15 Å². The molecular weight excluding hydrogens is 282 g/mol. The number of rotatable bonds is 3. The van der Waals surface area contributed by atoms with Crippen molar-refractivity contribution in [2.75, 3.05) is 0 Å². The molecule has 0 radical (unpaired) electrons. The number of nitrogens with zero attached hydrogens (tertiary/aromatic N) is 3. The Balaban J connectivity index is 2.48. The van der Waals surface area contributed by atoms with E-state index in [1.165, 1.54) is 6.07 Å². The van der Waals surface area contributed by atoms with Gasteiger partial charge in [-0.1, -0.05) is 23.7 Å². The van der Waals surface area contributed by atoms with E-state index in [4.69, 9.17) is 16.3 Å². The molecule has 0 amide bonds. The first-order valence-electron chi connectivity index (χ1n) is 5.82. The summed E-state index contributed by atoms with van der Waals surface area (Å²) in [6, 6.07) is 4.80. The summed E-state index contributed by atoms with van der Waals surface area (Å²) in [5, 5.41) is 11.2. The van der Waals surface area contributed by atoms with Gasteiger partial charge in [-0.05, 0) is 26.8 Å². The van der Waals surface area contributed by atoms with Gasteiger partial charge in [-0.3, -0.25) is 10.1 Å². The maximum Gasteiger partial charge on any atom is 0.314 e. The van der Waals surface area contributed by atoms with Crippen molar-refractivity contribution < 1.29 is 9.66 Å². The fourth-order valence-electron chi connectivity index (χ4n) is 1.67. The highest BCUT2D eigenvalue weighted by Crippen LogP contribution is 2.35. The third kappa shape index (κ3) is 2.70. The Labute approximate surface area is 120 Å². The van der Waals surface area contributed by atoms with Gasteiger partial charge in [0.2, 0.25) is 5.75 Å². The Morgan fingerprint density at radius 3 is 2.50 bits per heavy atom. The maximum absolute atomic E-state index is 11.1. The predicted octanol–water partition coefficient (Wildman–Crippen LogP) is 3.76. The molecule has 2 aromatic rings. The number of benzene rings is 1. The zero-order chi connectivity index (χ0) is 14.9. The van der Waals surface area contributed by atoms with E-state index in [1.54, 1.807) is 32.9 Å². The van der Waals surface area contributed by atoms with Crippen molar-refractivity contribution in [2.24, 2.45) is 0 Å². The molecule has 104 valence electrons. The zero-order valence-electron chi connectivity index (χ0n) is 11.2. The first-order valence-corrected chi connectivity index (χ1v) is 6.20. The Hall–Kier alpha value is -2.21. The monoisotopic (exact) mass is 293 g/mol. The predicted molar refractivity (Wildman–Crippen MR) is 74.4 cm³/mol. The SMILES string of the molecule is Cc1cccc(Oc2nc(C)c(C)nc2Cl)c1[N+](=O)[O-]. The van der Waals surface area contributed by atoms with E-state index in [1.807, 2.05) is 0 Å². The van der Waals surface area contributed by atoms with Crippen molar-refractivity contribution in [1.29, 1.82) is 0 Å². The van der Waals surface area contributed by atoms with Crippen LogP contribution < -0.4 is 4.74 Å². The van der Waals surface area contributed by atoms with E-state index in [9.17, 15) is 10.1 Å². The van der Waals surface area contributed by atoms with E-state index in [-0.39, 0.29) is 22.5 Å². The molecule has 0 fully saturated rings. The van der Waals surface area contributed by atoms with Gasteiger partial charge in [-0.15, -0.1) is 0 Å². The fraction of sp³-hybridized carbons (Fsp3) is 0.231. The third-order valence-electron chi connectivity index (χ3n) is 2.83. The molecule has 0 bridgehead atoms. The normalized spacial score (nSPS) is 10.4. The number of aryl methyl sites for hydroxylation is 3. The van der Waals surface area contributed by atoms with Gasteiger partial charge in [0.1, 0.15) is 0 Å². The average molecular weight is 294 g/mol. The van der Waals surface area contributed by atoms with Crippen LogP contribution in [-0.2, 0) is 0 Å². The first-order chi connectivity index (χ1) is 9.40. The fourth-order valence-corrected chi connectivity index (χ4v) is 1.88. The standard InChI is InChI=1S/C13H12ClN3O3/c1-7-5-4-6-10(11(7)17(18)19)20-13-12(14)15-8(2)9(3)16-13/h4-6H,1-3H3. The molecule has 0 saturated heterocycles. The molecule has 0 atom stereocenters. The average Bonchev–Trinajstić information content (AvgIpc) is 2.35. The summed E-state index contributed by atoms with van der Waals surface area (Å²) in [7, 11) is 0. The van der Waals surface area contributed by atoms with E-state index in [2.05, 4.69) is 9.97 Å². The smallest absolute Gasteiger partial charge is 0.314 e. The summed E-state index contributed by atoms with van der Waals surface area (Å²) >= 11 is 5.95. The number of aromatic nitrogens is 2. The Kier molecular flexibility index (Phi) is 3.85. The second-order valence-electron chi connectivity index (χ2n) is 4.27. The van der Waals surface area contributed by atoms with Gasteiger partial charge in [0.05, 0.1) is 16.3 Å². The molecule has 20 heavy (non-hydrogen) atoms. The highest BCUT2D eigenvalue weighted by molar-refractivity contribution is 6.30. The van der Waals surface area contributed by atoms with Gasteiger partial charge in [-0.2, -0.15) is 0 Å². The number of hydrogen-bond acceptors (Lipinski definition) is 5. The topological polar surface area (TPSA) is 78.2 Å². The second-order valence-corrected chi connectivity index (χ2v) is 4.63. The molecule has 7 heteroatoms. The number of ether oxygens (including phenoxy) is 1. The van der Waals surface area contributed by atoms with Crippen LogP contribution in [0.3, 0.4) is 0 Å². The highest BCUT2D eigenvalue weighted by atomic mass is 35.5. The van der Waals surface area contributed by atoms with Crippen molar-refractivity contribution in [3.8, 4) is 11.6 Å². The molecule has 1 aromatic carbocycles. The summed E-state index contributed by atoms with van der Waals surface area (Å²) in [6.07, 6.45) is 0. The molecular formula is C13H12ClN3O3. The number of halogens is 1. The van der Waals surface area contributed by atoms with Gasteiger partial charge in [-0.25, -0.2) is 9.97 Å². The molecule has 0 aliphatic rings. The van der Waals surface area contributed by atoms with Gasteiger partial charge in [0, 0.05) is 5.56 Å². The molecule has 0 aliphatic heterocycles. The molecule has 1 heterocycles. The van der Waals surface area contributed by atoms with Gasteiger partial charge < -0.3 is 4.74 Å². The van der Waals surface area contributed by atoms with Crippen molar-refractivity contribution in [3.63, 3.8) is 0 Å². The van der Waals surface area contributed by atoms with E-state index in [0.717, 1.165) is 0 Å². The van der Waals surface area contributed by atoms with Crippen LogP contribution >= 0.6 is 11.6 Å². The van der Waals surface area contributed by atoms with Crippen LogP contribution in [0.1, 0.15) is 17.0 Å². The molecule has 0 N–H and O–H groups in total. The summed E-state index contributed by atoms with van der Waals surface area (Å²) in [5.41, 5.74) is 1.73. The molecule has 1 aromatic heterocycles. The Morgan fingerprint density at radius 2 is 1.85 bits per heavy atom. The van der Waals surface area contributed by atoms with Crippen molar-refractivity contribution in [2.45, 2.75) is 20.8 Å². The van der Waals surface area contributed by atoms with E-state index in [0.29, 0.717) is 17.0 Å². The molecule has 2 rings (SSSR count). The quantitative estimate of drug-likeness (QED) is 0.636. The lowest BCUT2D eigenvalue weighted by molar-refractivity contribution is -0.386. The maximum atomic E-state index is 11.1. The largest absolute Gasteiger partial charge is 0.429 e. The highest BCUT2D eigenvalue weighted by Gasteiger charge is 2.20. The van der Waals surface area contributed by atoms with Crippen LogP contribution in [0, 0.1) is 30.9 Å². The van der Waals surface area contributed by atoms with E-state index >= 15 is 0 Å². The Morgan fingerprint density at radius 1 is 1.20 bits per heavy atom. The lowest BCUT2D eigenvalue weighted by Crippen LogP contribution is -2.00. The molecule has 0 spiro atoms. The van der Waals surface area contributed by atoms with Gasteiger partial charge in [0.25, 0.3) is 5.88 Å². The minimum Gasteiger partial charge on any atom is -0.429 e. The summed E-state index contributed by atoms with van der Waals surface area (Å²) in [4.78, 5) is 18.8. The number of hydrogen-bond donors (Lipinski definition) is 0. The molecule has 0 saturated carbocycles. The lowest BCUT2D eigenvalue weighted by atomic mass is 10.2. The van der Waals surface area contributed by atoms with Crippen LogP contribution in [-0.4, -0.2) is 14.9 Å². The van der Waals surface area contributed by atoms with Crippen LogP contribution in [0.2, 0.25) is 5.15 Å². The number of nitro benzene ring substituents is 1. The molecule has 0 aliphatic carbocycles. The first kappa shape index (κ1) is 14.2.